The van der Waals surface area contributed by atoms with Crippen molar-refractivity contribution in [1.82, 2.24) is 0 Å². The second kappa shape index (κ2) is 5.63. The molecule has 1 aliphatic carbocycles. The summed E-state index contributed by atoms with van der Waals surface area (Å²) >= 11 is 5.81. The van der Waals surface area contributed by atoms with Gasteiger partial charge >= 0.3 is 0 Å². The Hall–Kier alpha value is -2.34. The molecule has 0 bridgehead atoms. The number of nitrogens with zero attached hydrogens (tertiary/aromatic N) is 2. The highest BCUT2D eigenvalue weighted by atomic mass is 35.5. The van der Waals surface area contributed by atoms with E-state index < -0.39 is 26.4 Å². The molecule has 24 heavy (non-hydrogen) atoms. The van der Waals surface area contributed by atoms with Crippen LogP contribution in [0.25, 0.3) is 0 Å². The van der Waals surface area contributed by atoms with Crippen LogP contribution in [0.1, 0.15) is 17.0 Å². The summed E-state index contributed by atoms with van der Waals surface area (Å²) in [7, 11) is -3.83. The largest absolute Gasteiger partial charge is 0.223 e. The fourth-order valence-electron chi connectivity index (χ4n) is 3.05. The van der Waals surface area contributed by atoms with Crippen LogP contribution >= 0.6 is 11.6 Å². The van der Waals surface area contributed by atoms with E-state index in [1.54, 1.807) is 12.1 Å². The molecule has 0 radical (unpaired) electrons. The molecule has 2 atom stereocenters. The predicted octanol–water partition coefficient (Wildman–Crippen LogP) is 3.62. The van der Waals surface area contributed by atoms with Crippen LogP contribution in [-0.4, -0.2) is 13.7 Å². The Bertz CT molecular complexity index is 954. The lowest BCUT2D eigenvalue weighted by Gasteiger charge is -2.04. The monoisotopic (exact) mass is 356 g/mol. The summed E-state index contributed by atoms with van der Waals surface area (Å²) in [6.07, 6.45) is 0. The van der Waals surface area contributed by atoms with Crippen molar-refractivity contribution in [2.75, 3.05) is 0 Å². The number of sulfone groups is 1. The van der Waals surface area contributed by atoms with Crippen LogP contribution in [0, 0.1) is 35.0 Å². The van der Waals surface area contributed by atoms with E-state index in [9.17, 15) is 18.9 Å². The number of hydrogen-bond acceptors (Lipinski definition) is 4. The van der Waals surface area contributed by atoms with E-state index in [2.05, 4.69) is 0 Å². The topological polar surface area (TPSA) is 81.7 Å². The van der Waals surface area contributed by atoms with Crippen molar-refractivity contribution in [3.63, 3.8) is 0 Å². The Morgan fingerprint density at radius 1 is 1.00 bits per heavy atom. The number of nitriles is 2. The molecule has 0 N–H and O–H groups in total. The molecule has 3 rings (SSSR count). The quantitative estimate of drug-likeness (QED) is 0.840. The highest BCUT2D eigenvalue weighted by molar-refractivity contribution is 7.92. The van der Waals surface area contributed by atoms with Crippen molar-refractivity contribution in [2.24, 2.45) is 5.41 Å². The smallest absolute Gasteiger partial charge is 0.184 e. The summed E-state index contributed by atoms with van der Waals surface area (Å²) in [5, 5.41) is 18.4. The molecular formula is C18H13ClN2O2S. The number of halogens is 1. The van der Waals surface area contributed by atoms with Crippen molar-refractivity contribution < 1.29 is 8.42 Å². The SMILES string of the molecule is Cc1ccc([C@@H]2[C@@H](S(=O)(=O)c3ccc(Cl)cc3)C2(C#N)C#N)cc1. The van der Waals surface area contributed by atoms with E-state index in [-0.39, 0.29) is 4.90 Å². The predicted molar refractivity (Wildman–Crippen MR) is 90.0 cm³/mol. The molecule has 1 fully saturated rings. The first-order chi connectivity index (χ1) is 11.4. The van der Waals surface area contributed by atoms with Gasteiger partial charge in [-0.05, 0) is 36.8 Å². The lowest BCUT2D eigenvalue weighted by atomic mass is 10.0. The molecule has 1 aliphatic rings. The molecule has 120 valence electrons. The van der Waals surface area contributed by atoms with Gasteiger partial charge < -0.3 is 0 Å². The molecule has 0 saturated heterocycles. The minimum Gasteiger partial charge on any atom is -0.223 e. The van der Waals surface area contributed by atoms with Gasteiger partial charge in [0.1, 0.15) is 5.25 Å². The summed E-state index contributed by atoms with van der Waals surface area (Å²) in [6, 6.07) is 16.9. The van der Waals surface area contributed by atoms with Crippen molar-refractivity contribution >= 4 is 21.4 Å². The third kappa shape index (κ3) is 2.38. The molecular weight excluding hydrogens is 344 g/mol. The molecule has 2 aromatic carbocycles. The zero-order chi connectivity index (χ0) is 17.5. The van der Waals surface area contributed by atoms with Gasteiger partial charge in [0.05, 0.1) is 17.0 Å². The number of rotatable bonds is 3. The standard InChI is InChI=1S/C18H13ClN2O2S/c1-12-2-4-13(5-3-12)16-17(18(16,10-20)11-21)24(22,23)15-8-6-14(19)7-9-15/h2-9,16-17H,1H3/t16-,17-/m1/s1. The van der Waals surface area contributed by atoms with Crippen molar-refractivity contribution in [1.29, 1.82) is 10.5 Å². The average molecular weight is 357 g/mol. The van der Waals surface area contributed by atoms with Crippen LogP contribution in [0.5, 0.6) is 0 Å². The number of hydrogen-bond donors (Lipinski definition) is 0. The Morgan fingerprint density at radius 2 is 1.54 bits per heavy atom. The van der Waals surface area contributed by atoms with E-state index in [1.165, 1.54) is 24.3 Å². The van der Waals surface area contributed by atoms with Crippen LogP contribution in [0.3, 0.4) is 0 Å². The molecule has 0 unspecified atom stereocenters. The summed E-state index contributed by atoms with van der Waals surface area (Å²) in [4.78, 5) is 0.0707. The maximum atomic E-state index is 12.9. The lowest BCUT2D eigenvalue weighted by molar-refractivity contribution is 0.591. The van der Waals surface area contributed by atoms with Gasteiger partial charge in [-0.1, -0.05) is 41.4 Å². The van der Waals surface area contributed by atoms with Crippen LogP contribution < -0.4 is 0 Å². The summed E-state index contributed by atoms with van der Waals surface area (Å²) in [6.45, 7) is 1.92. The van der Waals surface area contributed by atoms with Gasteiger partial charge in [-0.15, -0.1) is 0 Å². The van der Waals surface area contributed by atoms with Gasteiger partial charge in [-0.25, -0.2) is 8.42 Å². The molecule has 6 heteroatoms. The average Bonchev–Trinajstić information content (AvgIpc) is 3.26. The fraction of sp³-hybridized carbons (Fsp3) is 0.222. The van der Waals surface area contributed by atoms with Crippen LogP contribution in [0.2, 0.25) is 5.02 Å². The third-order valence-corrected chi connectivity index (χ3v) is 6.91. The van der Waals surface area contributed by atoms with Crippen molar-refractivity contribution in [2.45, 2.75) is 23.0 Å². The Morgan fingerprint density at radius 3 is 2.04 bits per heavy atom. The zero-order valence-electron chi connectivity index (χ0n) is 12.8. The zero-order valence-corrected chi connectivity index (χ0v) is 14.3. The minimum absolute atomic E-state index is 0.0707. The first-order valence-electron chi connectivity index (χ1n) is 7.25. The minimum atomic E-state index is -3.83. The fourth-order valence-corrected chi connectivity index (χ4v) is 5.38. The second-order valence-electron chi connectivity index (χ2n) is 5.90. The maximum absolute atomic E-state index is 12.9. The van der Waals surface area contributed by atoms with Gasteiger partial charge in [0.15, 0.2) is 15.3 Å². The molecule has 1 saturated carbocycles. The molecule has 0 amide bonds. The molecule has 2 aromatic rings. The van der Waals surface area contributed by atoms with E-state index in [1.807, 2.05) is 31.2 Å². The molecule has 4 nitrogen and oxygen atoms in total. The number of aryl methyl sites for hydroxylation is 1. The highest BCUT2D eigenvalue weighted by Gasteiger charge is 2.73. The number of benzene rings is 2. The van der Waals surface area contributed by atoms with E-state index in [4.69, 9.17) is 11.6 Å². The van der Waals surface area contributed by atoms with Crippen LogP contribution in [-0.2, 0) is 9.84 Å². The van der Waals surface area contributed by atoms with Gasteiger partial charge in [-0.3, -0.25) is 0 Å². The maximum Gasteiger partial charge on any atom is 0.184 e. The summed E-state index contributed by atoms with van der Waals surface area (Å²) < 4.78 is 25.9. The van der Waals surface area contributed by atoms with Crippen molar-refractivity contribution in [3.8, 4) is 12.1 Å². The van der Waals surface area contributed by atoms with E-state index in [0.717, 1.165) is 5.56 Å². The normalized spacial score (nSPS) is 21.5. The van der Waals surface area contributed by atoms with Gasteiger partial charge in [-0.2, -0.15) is 10.5 Å². The van der Waals surface area contributed by atoms with Crippen molar-refractivity contribution in [3.05, 3.63) is 64.7 Å². The highest BCUT2D eigenvalue weighted by Crippen LogP contribution is 2.63. The Labute approximate surface area is 145 Å². The Balaban J connectivity index is 2.09. The first-order valence-corrected chi connectivity index (χ1v) is 9.18. The van der Waals surface area contributed by atoms with Gasteiger partial charge in [0, 0.05) is 10.9 Å². The van der Waals surface area contributed by atoms with E-state index in [0.29, 0.717) is 10.6 Å². The molecule has 0 spiro atoms. The third-order valence-electron chi connectivity index (χ3n) is 4.42. The second-order valence-corrected chi connectivity index (χ2v) is 8.41. The molecule has 0 aliphatic heterocycles. The molecule has 0 aromatic heterocycles. The van der Waals surface area contributed by atoms with Gasteiger partial charge in [0.2, 0.25) is 0 Å². The van der Waals surface area contributed by atoms with Gasteiger partial charge in [0.25, 0.3) is 0 Å². The lowest BCUT2D eigenvalue weighted by Crippen LogP contribution is -2.14. The van der Waals surface area contributed by atoms with Crippen LogP contribution in [0.4, 0.5) is 0 Å². The molecule has 0 heterocycles. The Kier molecular flexibility index (Phi) is 3.87. The summed E-state index contributed by atoms with van der Waals surface area (Å²) in [5.74, 6) is -0.659. The van der Waals surface area contributed by atoms with E-state index >= 15 is 0 Å². The summed E-state index contributed by atoms with van der Waals surface area (Å²) in [5.41, 5.74) is 0.149. The first kappa shape index (κ1) is 16.5. The van der Waals surface area contributed by atoms with Crippen LogP contribution in [0.15, 0.2) is 53.4 Å².